The highest BCUT2D eigenvalue weighted by atomic mass is 16.5. The molecule has 1 aromatic rings. The maximum absolute atomic E-state index is 11.8. The summed E-state index contributed by atoms with van der Waals surface area (Å²) in [6.07, 6.45) is 4.68. The molecule has 5 heteroatoms. The van der Waals surface area contributed by atoms with E-state index in [2.05, 4.69) is 28.0 Å². The molecule has 0 aromatic carbocycles. The average molecular weight is 233 g/mol. The van der Waals surface area contributed by atoms with Crippen LogP contribution in [0.25, 0.3) is 0 Å². The number of hydrogen-bond acceptors (Lipinski definition) is 4. The van der Waals surface area contributed by atoms with Crippen molar-refractivity contribution >= 4 is 5.91 Å². The van der Waals surface area contributed by atoms with Crippen LogP contribution < -0.4 is 5.32 Å². The molecule has 90 valence electrons. The van der Waals surface area contributed by atoms with Gasteiger partial charge in [0, 0.05) is 6.07 Å². The van der Waals surface area contributed by atoms with Crippen molar-refractivity contribution in [1.29, 1.82) is 5.26 Å². The summed E-state index contributed by atoms with van der Waals surface area (Å²) in [4.78, 5) is 11.8. The van der Waals surface area contributed by atoms with E-state index >= 15 is 0 Å². The lowest BCUT2D eigenvalue weighted by Crippen LogP contribution is -2.49. The first kappa shape index (κ1) is 11.6. The molecule has 1 heterocycles. The first-order valence-corrected chi connectivity index (χ1v) is 5.79. The van der Waals surface area contributed by atoms with Gasteiger partial charge in [0.1, 0.15) is 11.8 Å². The summed E-state index contributed by atoms with van der Waals surface area (Å²) in [5.41, 5.74) is -0.513. The molecule has 1 N–H and O–H groups in total. The van der Waals surface area contributed by atoms with Gasteiger partial charge in [-0.3, -0.25) is 4.79 Å². The van der Waals surface area contributed by atoms with Gasteiger partial charge in [-0.1, -0.05) is 12.1 Å². The van der Waals surface area contributed by atoms with E-state index in [1.165, 1.54) is 12.3 Å². The van der Waals surface area contributed by atoms with Gasteiger partial charge >= 0.3 is 0 Å². The zero-order valence-corrected chi connectivity index (χ0v) is 9.77. The number of nitrogens with one attached hydrogen (secondary N) is 1. The zero-order chi connectivity index (χ0) is 12.3. The SMILES string of the molecule is CC1CCC(C#N)(NC(=O)c2ccon2)CC1. The quantitative estimate of drug-likeness (QED) is 0.845. The van der Waals surface area contributed by atoms with Crippen LogP contribution in [-0.2, 0) is 0 Å². The molecule has 0 saturated heterocycles. The smallest absolute Gasteiger partial charge is 0.274 e. The van der Waals surface area contributed by atoms with Crippen LogP contribution in [0.2, 0.25) is 0 Å². The summed E-state index contributed by atoms with van der Waals surface area (Å²) in [7, 11) is 0. The van der Waals surface area contributed by atoms with Gasteiger partial charge in [0.05, 0.1) is 6.07 Å². The molecule has 0 bridgehead atoms. The molecule has 0 spiro atoms. The van der Waals surface area contributed by atoms with Crippen LogP contribution in [0.5, 0.6) is 0 Å². The molecular weight excluding hydrogens is 218 g/mol. The Morgan fingerprint density at radius 2 is 2.35 bits per heavy atom. The highest BCUT2D eigenvalue weighted by Crippen LogP contribution is 2.31. The molecule has 1 amide bonds. The van der Waals surface area contributed by atoms with Crippen molar-refractivity contribution in [2.45, 2.75) is 38.1 Å². The Labute approximate surface area is 99.8 Å². The van der Waals surface area contributed by atoms with E-state index in [4.69, 9.17) is 0 Å². The molecule has 2 rings (SSSR count). The van der Waals surface area contributed by atoms with Crippen molar-refractivity contribution in [3.05, 3.63) is 18.0 Å². The molecular formula is C12H15N3O2. The Hall–Kier alpha value is -1.83. The van der Waals surface area contributed by atoms with Gasteiger partial charge in [-0.05, 0) is 31.6 Å². The second kappa shape index (κ2) is 4.58. The number of amides is 1. The van der Waals surface area contributed by atoms with E-state index < -0.39 is 5.54 Å². The maximum Gasteiger partial charge on any atom is 0.274 e. The van der Waals surface area contributed by atoms with Gasteiger partial charge in [0.25, 0.3) is 5.91 Å². The van der Waals surface area contributed by atoms with Crippen LogP contribution in [0.1, 0.15) is 43.1 Å². The lowest BCUT2D eigenvalue weighted by molar-refractivity contribution is 0.0884. The van der Waals surface area contributed by atoms with E-state index in [9.17, 15) is 10.1 Å². The lowest BCUT2D eigenvalue weighted by atomic mass is 9.78. The van der Waals surface area contributed by atoms with Crippen LogP contribution in [0.15, 0.2) is 16.9 Å². The van der Waals surface area contributed by atoms with Gasteiger partial charge in [0.15, 0.2) is 5.69 Å². The molecule has 1 aromatic heterocycles. The molecule has 1 aliphatic rings. The summed E-state index contributed by atoms with van der Waals surface area (Å²) in [6, 6.07) is 3.73. The second-order valence-corrected chi connectivity index (χ2v) is 4.72. The first-order valence-electron chi connectivity index (χ1n) is 5.79. The summed E-state index contributed by atoms with van der Waals surface area (Å²) in [6.45, 7) is 2.17. The predicted molar refractivity (Wildman–Crippen MR) is 59.9 cm³/mol. The van der Waals surface area contributed by atoms with Crippen LogP contribution in [0.3, 0.4) is 0 Å². The molecule has 17 heavy (non-hydrogen) atoms. The number of aromatic nitrogens is 1. The van der Waals surface area contributed by atoms with E-state index in [1.807, 2.05) is 0 Å². The predicted octanol–water partition coefficient (Wildman–Crippen LogP) is 1.88. The van der Waals surface area contributed by atoms with Gasteiger partial charge in [-0.25, -0.2) is 0 Å². The first-order chi connectivity index (χ1) is 8.15. The van der Waals surface area contributed by atoms with E-state index in [0.29, 0.717) is 18.8 Å². The minimum atomic E-state index is -0.734. The third-order valence-corrected chi connectivity index (χ3v) is 3.37. The fourth-order valence-electron chi connectivity index (χ4n) is 2.13. The maximum atomic E-state index is 11.8. The summed E-state index contributed by atoms with van der Waals surface area (Å²) < 4.78 is 4.61. The molecule has 0 unspecified atom stereocenters. The second-order valence-electron chi connectivity index (χ2n) is 4.72. The van der Waals surface area contributed by atoms with Crippen LogP contribution >= 0.6 is 0 Å². The number of carbonyl (C=O) groups excluding carboxylic acids is 1. The molecule has 0 aliphatic heterocycles. The van der Waals surface area contributed by atoms with Crippen molar-refractivity contribution < 1.29 is 9.32 Å². The average Bonchev–Trinajstić information content (AvgIpc) is 2.86. The topological polar surface area (TPSA) is 78.9 Å². The lowest BCUT2D eigenvalue weighted by Gasteiger charge is -2.34. The number of rotatable bonds is 2. The fraction of sp³-hybridized carbons (Fsp3) is 0.583. The fourth-order valence-corrected chi connectivity index (χ4v) is 2.13. The largest absolute Gasteiger partial charge is 0.364 e. The number of nitriles is 1. The molecule has 0 atom stereocenters. The van der Waals surface area contributed by atoms with Crippen molar-refractivity contribution in [3.63, 3.8) is 0 Å². The minimum Gasteiger partial charge on any atom is -0.364 e. The molecule has 5 nitrogen and oxygen atoms in total. The summed E-state index contributed by atoms with van der Waals surface area (Å²) in [5.74, 6) is 0.287. The Morgan fingerprint density at radius 1 is 1.65 bits per heavy atom. The molecule has 0 radical (unpaired) electrons. The third kappa shape index (κ3) is 2.47. The third-order valence-electron chi connectivity index (χ3n) is 3.37. The van der Waals surface area contributed by atoms with E-state index in [1.54, 1.807) is 0 Å². The highest BCUT2D eigenvalue weighted by molar-refractivity contribution is 5.92. The normalized spacial score (nSPS) is 28.4. The number of hydrogen-bond donors (Lipinski definition) is 1. The summed E-state index contributed by atoms with van der Waals surface area (Å²) >= 11 is 0. The van der Waals surface area contributed by atoms with Crippen molar-refractivity contribution in [2.24, 2.45) is 5.92 Å². The van der Waals surface area contributed by atoms with Crippen LogP contribution in [-0.4, -0.2) is 16.6 Å². The van der Waals surface area contributed by atoms with Gasteiger partial charge in [-0.2, -0.15) is 5.26 Å². The van der Waals surface area contributed by atoms with Gasteiger partial charge in [-0.15, -0.1) is 0 Å². The van der Waals surface area contributed by atoms with Crippen LogP contribution in [0, 0.1) is 17.2 Å². The zero-order valence-electron chi connectivity index (χ0n) is 9.77. The van der Waals surface area contributed by atoms with Crippen molar-refractivity contribution in [3.8, 4) is 6.07 Å². The monoisotopic (exact) mass is 233 g/mol. The van der Waals surface area contributed by atoms with Gasteiger partial charge < -0.3 is 9.84 Å². The van der Waals surface area contributed by atoms with Crippen molar-refractivity contribution in [2.75, 3.05) is 0 Å². The van der Waals surface area contributed by atoms with E-state index in [-0.39, 0.29) is 11.6 Å². The van der Waals surface area contributed by atoms with Gasteiger partial charge in [0.2, 0.25) is 0 Å². The van der Waals surface area contributed by atoms with E-state index in [0.717, 1.165) is 12.8 Å². The Kier molecular flexibility index (Phi) is 3.14. The molecule has 1 fully saturated rings. The number of nitrogens with zero attached hydrogens (tertiary/aromatic N) is 2. The molecule has 1 aliphatic carbocycles. The Balaban J connectivity index is 2.06. The Bertz CT molecular complexity index is 425. The van der Waals surface area contributed by atoms with Crippen LogP contribution in [0.4, 0.5) is 0 Å². The minimum absolute atomic E-state index is 0.221. The number of carbonyl (C=O) groups is 1. The standard InChI is InChI=1S/C12H15N3O2/c1-9-2-5-12(8-13,6-3-9)14-11(16)10-4-7-17-15-10/h4,7,9H,2-3,5-6H2,1H3,(H,14,16). The summed E-state index contributed by atoms with van der Waals surface area (Å²) in [5, 5.41) is 15.6. The highest BCUT2D eigenvalue weighted by Gasteiger charge is 2.36. The van der Waals surface area contributed by atoms with Crippen molar-refractivity contribution in [1.82, 2.24) is 10.5 Å². The molecule has 1 saturated carbocycles. The Morgan fingerprint density at radius 3 is 2.88 bits per heavy atom.